The summed E-state index contributed by atoms with van der Waals surface area (Å²) < 4.78 is 0. The first-order valence-electron chi connectivity index (χ1n) is 5.69. The van der Waals surface area contributed by atoms with Crippen LogP contribution in [0.3, 0.4) is 0 Å². The average molecular weight is 233 g/mol. The van der Waals surface area contributed by atoms with Gasteiger partial charge in [0.15, 0.2) is 0 Å². The summed E-state index contributed by atoms with van der Waals surface area (Å²) in [6.07, 6.45) is 0.973. The highest BCUT2D eigenvalue weighted by Gasteiger charge is 1.94. The van der Waals surface area contributed by atoms with Crippen LogP contribution in [0.2, 0.25) is 0 Å². The van der Waals surface area contributed by atoms with E-state index in [-0.39, 0.29) is 0 Å². The van der Waals surface area contributed by atoms with Crippen molar-refractivity contribution in [2.24, 2.45) is 0 Å². The molecule has 0 radical (unpaired) electrons. The van der Waals surface area contributed by atoms with Crippen molar-refractivity contribution in [1.29, 1.82) is 0 Å². The molecule has 0 spiro atoms. The molecule has 1 N–H and O–H groups in total. The highest BCUT2D eigenvalue weighted by Crippen LogP contribution is 2.18. The van der Waals surface area contributed by atoms with Crippen molar-refractivity contribution in [2.75, 3.05) is 12.3 Å². The molecule has 0 heterocycles. The van der Waals surface area contributed by atoms with Crippen LogP contribution < -0.4 is 5.32 Å². The highest BCUT2D eigenvalue weighted by molar-refractivity contribution is 7.99. The Morgan fingerprint density at radius 2 is 2.00 bits per heavy atom. The molecule has 0 saturated heterocycles. The molecular weight excluding hydrogens is 214 g/mol. The van der Waals surface area contributed by atoms with Gasteiger partial charge < -0.3 is 5.32 Å². The zero-order chi connectivity index (χ0) is 11.6. The normalized spacial score (nSPS) is 9.62. The van der Waals surface area contributed by atoms with Crippen LogP contribution in [-0.4, -0.2) is 12.3 Å². The van der Waals surface area contributed by atoms with Crippen molar-refractivity contribution >= 4 is 11.8 Å². The Balaban J connectivity index is 2.34. The average Bonchev–Trinajstić information content (AvgIpc) is 2.33. The molecule has 1 aromatic rings. The van der Waals surface area contributed by atoms with E-state index < -0.39 is 0 Å². The largest absolute Gasteiger partial charge is 0.313 e. The quantitative estimate of drug-likeness (QED) is 0.459. The lowest BCUT2D eigenvalue weighted by Gasteiger charge is -2.03. The molecule has 0 aliphatic rings. The van der Waals surface area contributed by atoms with Gasteiger partial charge in [0, 0.05) is 23.6 Å². The Hall–Kier alpha value is -0.910. The van der Waals surface area contributed by atoms with E-state index in [0.717, 1.165) is 25.3 Å². The Labute approximate surface area is 103 Å². The lowest BCUT2D eigenvalue weighted by atomic mass is 10.2. The molecule has 0 aliphatic heterocycles. The fourth-order valence-corrected chi connectivity index (χ4v) is 2.09. The van der Waals surface area contributed by atoms with Crippen LogP contribution in [-0.2, 0) is 6.54 Å². The molecule has 1 rings (SSSR count). The first-order chi connectivity index (χ1) is 7.86. The van der Waals surface area contributed by atoms with Crippen molar-refractivity contribution in [3.05, 3.63) is 29.8 Å². The van der Waals surface area contributed by atoms with Gasteiger partial charge in [-0.05, 0) is 31.2 Å². The third kappa shape index (κ3) is 5.25. The second kappa shape index (κ2) is 8.27. The number of rotatable bonds is 6. The fourth-order valence-electron chi connectivity index (χ4n) is 1.32. The summed E-state index contributed by atoms with van der Waals surface area (Å²) >= 11 is 1.87. The van der Waals surface area contributed by atoms with E-state index in [9.17, 15) is 0 Å². The second-order valence-corrected chi connectivity index (χ2v) is 4.62. The van der Waals surface area contributed by atoms with Crippen LogP contribution in [0.15, 0.2) is 29.2 Å². The maximum absolute atomic E-state index is 3.32. The van der Waals surface area contributed by atoms with E-state index in [1.807, 2.05) is 18.7 Å². The molecular formula is C14H19NS. The molecule has 86 valence electrons. The van der Waals surface area contributed by atoms with Crippen molar-refractivity contribution in [3.8, 4) is 11.8 Å². The van der Waals surface area contributed by atoms with Crippen molar-refractivity contribution < 1.29 is 0 Å². The zero-order valence-electron chi connectivity index (χ0n) is 10.0. The van der Waals surface area contributed by atoms with Crippen molar-refractivity contribution in [3.63, 3.8) is 0 Å². The summed E-state index contributed by atoms with van der Waals surface area (Å²) in [4.78, 5) is 1.33. The van der Waals surface area contributed by atoms with Gasteiger partial charge in [0.25, 0.3) is 0 Å². The monoisotopic (exact) mass is 233 g/mol. The maximum Gasteiger partial charge on any atom is 0.0205 e. The van der Waals surface area contributed by atoms with Crippen LogP contribution in [0.4, 0.5) is 0 Å². The van der Waals surface area contributed by atoms with Gasteiger partial charge in [-0.3, -0.25) is 0 Å². The minimum absolute atomic E-state index is 0.961. The fraction of sp³-hybridized carbons (Fsp3) is 0.429. The topological polar surface area (TPSA) is 12.0 Å². The zero-order valence-corrected chi connectivity index (χ0v) is 10.9. The van der Waals surface area contributed by atoms with Crippen molar-refractivity contribution in [2.45, 2.75) is 31.7 Å². The molecule has 0 atom stereocenters. The van der Waals surface area contributed by atoms with Crippen LogP contribution in [0.5, 0.6) is 0 Å². The standard InChI is InChI=1S/C14H19NS/c1-3-5-6-11-16-14-9-7-13(8-10-14)12-15-4-2/h7-10,15H,4,6,11-12H2,1-2H3. The first-order valence-corrected chi connectivity index (χ1v) is 6.67. The molecule has 0 amide bonds. The van der Waals surface area contributed by atoms with Gasteiger partial charge in [-0.15, -0.1) is 23.6 Å². The van der Waals surface area contributed by atoms with Gasteiger partial charge in [-0.1, -0.05) is 19.1 Å². The number of thioether (sulfide) groups is 1. The van der Waals surface area contributed by atoms with E-state index in [4.69, 9.17) is 0 Å². The summed E-state index contributed by atoms with van der Waals surface area (Å²) in [5, 5.41) is 3.32. The third-order valence-electron chi connectivity index (χ3n) is 2.18. The Kier molecular flexibility index (Phi) is 6.80. The molecule has 2 heteroatoms. The summed E-state index contributed by atoms with van der Waals surface area (Å²) in [5.41, 5.74) is 1.35. The molecule has 0 aromatic heterocycles. The number of benzene rings is 1. The summed E-state index contributed by atoms with van der Waals surface area (Å²) in [6, 6.07) is 8.76. The van der Waals surface area contributed by atoms with Gasteiger partial charge in [0.05, 0.1) is 0 Å². The molecule has 1 nitrogen and oxygen atoms in total. The minimum Gasteiger partial charge on any atom is -0.313 e. The van der Waals surface area contributed by atoms with E-state index in [2.05, 4.69) is 48.3 Å². The minimum atomic E-state index is 0.961. The van der Waals surface area contributed by atoms with Crippen molar-refractivity contribution in [1.82, 2.24) is 5.32 Å². The molecule has 0 saturated carbocycles. The van der Waals surface area contributed by atoms with Gasteiger partial charge in [0.2, 0.25) is 0 Å². The summed E-state index contributed by atoms with van der Waals surface area (Å²) in [6.45, 7) is 5.99. The van der Waals surface area contributed by atoms with E-state index >= 15 is 0 Å². The Bertz CT molecular complexity index is 345. The lowest BCUT2D eigenvalue weighted by molar-refractivity contribution is 0.726. The van der Waals surface area contributed by atoms with Gasteiger partial charge in [0.1, 0.15) is 0 Å². The van der Waals surface area contributed by atoms with E-state index in [1.165, 1.54) is 10.5 Å². The van der Waals surface area contributed by atoms with Gasteiger partial charge in [-0.25, -0.2) is 0 Å². The predicted octanol–water partition coefficient (Wildman–Crippen LogP) is 3.30. The Morgan fingerprint density at radius 1 is 1.25 bits per heavy atom. The molecule has 1 aromatic carbocycles. The molecule has 0 fully saturated rings. The SMILES string of the molecule is CC#CCCSc1ccc(CNCC)cc1. The van der Waals surface area contributed by atoms with E-state index in [1.54, 1.807) is 0 Å². The second-order valence-electron chi connectivity index (χ2n) is 3.45. The number of nitrogens with one attached hydrogen (secondary N) is 1. The van der Waals surface area contributed by atoms with Gasteiger partial charge in [-0.2, -0.15) is 0 Å². The van der Waals surface area contributed by atoms with Crippen LogP contribution in [0, 0.1) is 11.8 Å². The number of hydrogen-bond donors (Lipinski definition) is 1. The third-order valence-corrected chi connectivity index (χ3v) is 3.19. The van der Waals surface area contributed by atoms with Crippen LogP contribution >= 0.6 is 11.8 Å². The Morgan fingerprint density at radius 3 is 2.62 bits per heavy atom. The van der Waals surface area contributed by atoms with Crippen LogP contribution in [0.25, 0.3) is 0 Å². The van der Waals surface area contributed by atoms with E-state index in [0.29, 0.717) is 0 Å². The van der Waals surface area contributed by atoms with Crippen LogP contribution in [0.1, 0.15) is 25.8 Å². The highest BCUT2D eigenvalue weighted by atomic mass is 32.2. The maximum atomic E-state index is 3.32. The summed E-state index contributed by atoms with van der Waals surface area (Å²) in [5.74, 6) is 7.07. The smallest absolute Gasteiger partial charge is 0.0205 e. The molecule has 0 aliphatic carbocycles. The summed E-state index contributed by atoms with van der Waals surface area (Å²) in [7, 11) is 0. The predicted molar refractivity (Wildman–Crippen MR) is 72.6 cm³/mol. The molecule has 0 unspecified atom stereocenters. The van der Waals surface area contributed by atoms with Gasteiger partial charge >= 0.3 is 0 Å². The first kappa shape index (κ1) is 13.2. The lowest BCUT2D eigenvalue weighted by Crippen LogP contribution is -2.11. The number of hydrogen-bond acceptors (Lipinski definition) is 2. The molecule has 16 heavy (non-hydrogen) atoms. The molecule has 0 bridgehead atoms.